The fourth-order valence-corrected chi connectivity index (χ4v) is 4.96. The predicted molar refractivity (Wildman–Crippen MR) is 67.4 cm³/mol. The van der Waals surface area contributed by atoms with Crippen LogP contribution in [-0.4, -0.2) is 16.9 Å². The molecule has 0 aliphatic heterocycles. The molecule has 0 aromatic carbocycles. The minimum absolute atomic E-state index is 0.143. The molecule has 1 N–H and O–H groups in total. The number of rotatable bonds is 3. The highest BCUT2D eigenvalue weighted by molar-refractivity contribution is 8.14. The second-order valence-corrected chi connectivity index (χ2v) is 10.8. The van der Waals surface area contributed by atoms with Gasteiger partial charge >= 0.3 is 0 Å². The summed E-state index contributed by atoms with van der Waals surface area (Å²) >= 11 is 5.80. The Morgan fingerprint density at radius 2 is 1.31 bits per heavy atom. The van der Waals surface area contributed by atoms with Crippen LogP contribution in [0.5, 0.6) is 0 Å². The lowest BCUT2D eigenvalue weighted by atomic mass is 10.1. The van der Waals surface area contributed by atoms with Gasteiger partial charge in [-0.25, -0.2) is 0 Å². The van der Waals surface area contributed by atoms with Crippen molar-refractivity contribution >= 4 is 18.0 Å². The first-order valence-electron chi connectivity index (χ1n) is 4.98. The zero-order valence-electron chi connectivity index (χ0n) is 10.0. The third-order valence-corrected chi connectivity index (χ3v) is 8.94. The molecule has 13 heavy (non-hydrogen) atoms. The van der Waals surface area contributed by atoms with E-state index in [1.807, 2.05) is 0 Å². The summed E-state index contributed by atoms with van der Waals surface area (Å²) in [5.41, 5.74) is 1.31. The molecular weight excluding hydrogens is 197 g/mol. The van der Waals surface area contributed by atoms with Crippen LogP contribution in [-0.2, 0) is 11.8 Å². The molecule has 0 spiro atoms. The number of nitrogens with one attached hydrogen (secondary N) is 1. The normalized spacial score (nSPS) is 14.2. The van der Waals surface area contributed by atoms with E-state index in [2.05, 4.69) is 53.6 Å². The first kappa shape index (κ1) is 13.6. The van der Waals surface area contributed by atoms with Crippen molar-refractivity contribution < 1.29 is 0 Å². The van der Waals surface area contributed by atoms with E-state index in [0.29, 0.717) is 11.3 Å². The lowest BCUT2D eigenvalue weighted by Crippen LogP contribution is -2.37. The molecule has 3 heteroatoms. The summed E-state index contributed by atoms with van der Waals surface area (Å²) in [6.07, 6.45) is -1.40. The van der Waals surface area contributed by atoms with Crippen LogP contribution in [0.4, 0.5) is 0 Å². The monoisotopic (exact) mass is 221 g/mol. The van der Waals surface area contributed by atoms with Crippen LogP contribution >= 0.6 is 6.19 Å². The highest BCUT2D eigenvalue weighted by Crippen LogP contribution is 2.52. The first-order valence-corrected chi connectivity index (χ1v) is 7.92. The van der Waals surface area contributed by atoms with Crippen molar-refractivity contribution in [2.45, 2.75) is 65.3 Å². The molecule has 1 nitrogen and oxygen atoms in total. The van der Waals surface area contributed by atoms with Crippen LogP contribution in [0.3, 0.4) is 0 Å². The molecule has 0 saturated heterocycles. The van der Waals surface area contributed by atoms with Gasteiger partial charge in [-0.3, -0.25) is 5.09 Å². The van der Waals surface area contributed by atoms with Gasteiger partial charge in [0.25, 0.3) is 0 Å². The van der Waals surface area contributed by atoms with Crippen molar-refractivity contribution in [2.75, 3.05) is 0 Å². The molecule has 0 aliphatic rings. The maximum Gasteiger partial charge on any atom is 0.0177 e. The highest BCUT2D eigenvalue weighted by atomic mass is 32.4. The molecule has 0 heterocycles. The Balaban J connectivity index is 4.74. The van der Waals surface area contributed by atoms with Gasteiger partial charge in [0.1, 0.15) is 0 Å². The molecule has 0 bridgehead atoms. The fraction of sp³-hybridized carbons (Fsp3) is 1.00. The summed E-state index contributed by atoms with van der Waals surface area (Å²) in [5.74, 6) is 0. The van der Waals surface area contributed by atoms with E-state index in [-0.39, 0.29) is 5.54 Å². The summed E-state index contributed by atoms with van der Waals surface area (Å²) in [7, 11) is 0. The quantitative estimate of drug-likeness (QED) is 0.731. The van der Waals surface area contributed by atoms with Crippen molar-refractivity contribution in [1.29, 1.82) is 0 Å². The Hall–Kier alpha value is 0.610. The standard InChI is InChI=1S/C10H24NPS/c1-8(2)12(13,9(3)4)11-10(5,6)7/h8-9H,1-7H3,(H,11,13). The lowest BCUT2D eigenvalue weighted by molar-refractivity contribution is 0.523. The second kappa shape index (κ2) is 4.42. The molecule has 0 fully saturated rings. The molecule has 80 valence electrons. The van der Waals surface area contributed by atoms with Crippen molar-refractivity contribution in [1.82, 2.24) is 5.09 Å². The van der Waals surface area contributed by atoms with E-state index in [4.69, 9.17) is 11.8 Å². The van der Waals surface area contributed by atoms with E-state index in [1.165, 1.54) is 0 Å². The van der Waals surface area contributed by atoms with Gasteiger partial charge in [0.2, 0.25) is 0 Å². The van der Waals surface area contributed by atoms with Crippen LogP contribution < -0.4 is 5.09 Å². The molecule has 0 atom stereocenters. The largest absolute Gasteiger partial charge is 0.283 e. The molecule has 0 aromatic rings. The molecule has 0 unspecified atom stereocenters. The van der Waals surface area contributed by atoms with Crippen molar-refractivity contribution in [3.05, 3.63) is 0 Å². The minimum atomic E-state index is -1.40. The number of hydrogen-bond acceptors (Lipinski definition) is 1. The average molecular weight is 221 g/mol. The molecule has 0 rings (SSSR count). The summed E-state index contributed by atoms with van der Waals surface area (Å²) in [4.78, 5) is 0. The van der Waals surface area contributed by atoms with E-state index >= 15 is 0 Å². The third kappa shape index (κ3) is 4.10. The molecule has 0 aliphatic carbocycles. The highest BCUT2D eigenvalue weighted by Gasteiger charge is 2.29. The third-order valence-electron chi connectivity index (χ3n) is 2.04. The number of hydrogen-bond donors (Lipinski definition) is 1. The van der Waals surface area contributed by atoms with Gasteiger partial charge < -0.3 is 0 Å². The Kier molecular flexibility index (Phi) is 4.63. The van der Waals surface area contributed by atoms with Crippen LogP contribution in [0.25, 0.3) is 0 Å². The van der Waals surface area contributed by atoms with Gasteiger partial charge in [-0.2, -0.15) is 0 Å². The van der Waals surface area contributed by atoms with E-state index in [1.54, 1.807) is 0 Å². The molecular formula is C10H24NPS. The van der Waals surface area contributed by atoms with E-state index in [9.17, 15) is 0 Å². The summed E-state index contributed by atoms with van der Waals surface area (Å²) in [6.45, 7) is 15.5. The van der Waals surface area contributed by atoms with Crippen LogP contribution in [0.2, 0.25) is 0 Å². The van der Waals surface area contributed by atoms with Crippen LogP contribution in [0.15, 0.2) is 0 Å². The molecule has 0 amide bonds. The Labute approximate surface area is 88.7 Å². The summed E-state index contributed by atoms with van der Waals surface area (Å²) < 4.78 is 0. The Morgan fingerprint density at radius 3 is 1.38 bits per heavy atom. The topological polar surface area (TPSA) is 12.0 Å². The average Bonchev–Trinajstić information content (AvgIpc) is 1.82. The predicted octanol–water partition coefficient (Wildman–Crippen LogP) is 3.59. The lowest BCUT2D eigenvalue weighted by Gasteiger charge is -2.37. The van der Waals surface area contributed by atoms with Crippen LogP contribution in [0, 0.1) is 0 Å². The van der Waals surface area contributed by atoms with Gasteiger partial charge in [-0.15, -0.1) is 0 Å². The molecule has 0 saturated carbocycles. The summed E-state index contributed by atoms with van der Waals surface area (Å²) in [6, 6.07) is 0. The van der Waals surface area contributed by atoms with E-state index in [0.717, 1.165) is 0 Å². The first-order chi connectivity index (χ1) is 5.59. The van der Waals surface area contributed by atoms with Gasteiger partial charge in [0.05, 0.1) is 0 Å². The summed E-state index contributed by atoms with van der Waals surface area (Å²) in [5, 5.41) is 3.66. The molecule has 0 radical (unpaired) electrons. The SMILES string of the molecule is CC(C)P(=S)(NC(C)(C)C)C(C)C. The van der Waals surface area contributed by atoms with Crippen molar-refractivity contribution in [3.8, 4) is 0 Å². The second-order valence-electron chi connectivity index (χ2n) is 5.26. The fourth-order valence-electron chi connectivity index (χ4n) is 1.38. The maximum atomic E-state index is 5.80. The Bertz CT molecular complexity index is 191. The van der Waals surface area contributed by atoms with Gasteiger partial charge in [-0.05, 0) is 32.1 Å². The van der Waals surface area contributed by atoms with Gasteiger partial charge in [-0.1, -0.05) is 39.5 Å². The Morgan fingerprint density at radius 1 is 1.00 bits per heavy atom. The minimum Gasteiger partial charge on any atom is -0.283 e. The van der Waals surface area contributed by atoms with Crippen molar-refractivity contribution in [3.63, 3.8) is 0 Å². The zero-order chi connectivity index (χ0) is 10.9. The molecule has 0 aromatic heterocycles. The smallest absolute Gasteiger partial charge is 0.0177 e. The van der Waals surface area contributed by atoms with E-state index < -0.39 is 6.19 Å². The van der Waals surface area contributed by atoms with Crippen LogP contribution in [0.1, 0.15) is 48.5 Å². The van der Waals surface area contributed by atoms with Crippen molar-refractivity contribution in [2.24, 2.45) is 0 Å². The van der Waals surface area contributed by atoms with Gasteiger partial charge in [0.15, 0.2) is 0 Å². The van der Waals surface area contributed by atoms with Gasteiger partial charge in [0, 0.05) is 11.7 Å². The zero-order valence-corrected chi connectivity index (χ0v) is 11.7. The maximum absolute atomic E-state index is 5.80.